The van der Waals surface area contributed by atoms with Crippen molar-refractivity contribution in [3.8, 4) is 0 Å². The van der Waals surface area contributed by atoms with Crippen LogP contribution in [0.15, 0.2) is 18.7 Å². The summed E-state index contributed by atoms with van der Waals surface area (Å²) in [6.45, 7) is 0. The van der Waals surface area contributed by atoms with E-state index >= 15 is 0 Å². The molecule has 0 bridgehead atoms. The van der Waals surface area contributed by atoms with Gasteiger partial charge in [0.2, 0.25) is 0 Å². The number of aromatic nitrogens is 2. The smallest absolute Gasteiger partial charge is 0.369 e. The molecule has 0 radical (unpaired) electrons. The molecule has 0 fully saturated rings. The van der Waals surface area contributed by atoms with E-state index in [0.717, 1.165) is 18.7 Å². The van der Waals surface area contributed by atoms with Crippen molar-refractivity contribution in [3.63, 3.8) is 0 Å². The van der Waals surface area contributed by atoms with Gasteiger partial charge in [-0.3, -0.25) is 0 Å². The number of carbonyl (C=O) groups excluding carboxylic acids is 1. The summed E-state index contributed by atoms with van der Waals surface area (Å²) in [5.41, 5.74) is -0.347. The first-order chi connectivity index (χ1) is 5.99. The van der Waals surface area contributed by atoms with Crippen molar-refractivity contribution in [2.75, 3.05) is 0 Å². The predicted octanol–water partition coefficient (Wildman–Crippen LogP) is 1.15. The van der Waals surface area contributed by atoms with Crippen LogP contribution in [0.5, 0.6) is 0 Å². The summed E-state index contributed by atoms with van der Waals surface area (Å²) in [6.07, 6.45) is -2.03. The highest BCUT2D eigenvalue weighted by molar-refractivity contribution is 5.88. The molecule has 0 aliphatic rings. The number of esters is 1. The highest BCUT2D eigenvalue weighted by Gasteiger charge is 2.34. The summed E-state index contributed by atoms with van der Waals surface area (Å²) in [6, 6.07) is 0. The van der Waals surface area contributed by atoms with Gasteiger partial charge in [0.1, 0.15) is 6.33 Å². The van der Waals surface area contributed by atoms with E-state index in [0.29, 0.717) is 0 Å². The highest BCUT2D eigenvalue weighted by Crippen LogP contribution is 2.17. The topological polar surface area (TPSA) is 52.1 Å². The molecule has 0 aromatic carbocycles. The maximum atomic E-state index is 11.5. The van der Waals surface area contributed by atoms with E-state index in [9.17, 15) is 18.0 Å². The molecular weight excluding hydrogens is 189 g/mol. The molecule has 1 aromatic rings. The third kappa shape index (κ3) is 3.06. The van der Waals surface area contributed by atoms with Gasteiger partial charge in [-0.2, -0.15) is 0 Å². The van der Waals surface area contributed by atoms with Gasteiger partial charge in [-0.1, -0.05) is 0 Å². The molecule has 0 N–H and O–H groups in total. The second-order valence-electron chi connectivity index (χ2n) is 1.96. The van der Waals surface area contributed by atoms with Gasteiger partial charge in [0.05, 0.1) is 5.56 Å². The Morgan fingerprint density at radius 2 is 1.85 bits per heavy atom. The lowest BCUT2D eigenvalue weighted by molar-refractivity contribution is -0.291. The minimum Gasteiger partial charge on any atom is -0.369 e. The van der Waals surface area contributed by atoms with Crippen LogP contribution in [0, 0.1) is 0 Å². The molecule has 1 aromatic heterocycles. The van der Waals surface area contributed by atoms with Crippen LogP contribution < -0.4 is 0 Å². The number of hydrogen-bond donors (Lipinski definition) is 0. The van der Waals surface area contributed by atoms with Gasteiger partial charge in [0, 0.05) is 12.4 Å². The number of alkyl halides is 3. The minimum atomic E-state index is -4.98. The average Bonchev–Trinajstić information content (AvgIpc) is 2.03. The molecule has 1 heterocycles. The van der Waals surface area contributed by atoms with E-state index < -0.39 is 12.3 Å². The van der Waals surface area contributed by atoms with Crippen LogP contribution in [0.4, 0.5) is 13.2 Å². The number of halogens is 3. The Bertz CT molecular complexity index is 298. The fourth-order valence-corrected chi connectivity index (χ4v) is 0.569. The average molecular weight is 192 g/mol. The van der Waals surface area contributed by atoms with Crippen molar-refractivity contribution in [2.45, 2.75) is 6.36 Å². The number of carbonyl (C=O) groups is 1. The molecule has 0 atom stereocenters. The van der Waals surface area contributed by atoms with Gasteiger partial charge in [-0.25, -0.2) is 14.8 Å². The summed E-state index contributed by atoms with van der Waals surface area (Å²) >= 11 is 0. The van der Waals surface area contributed by atoms with E-state index in [4.69, 9.17) is 0 Å². The molecule has 0 spiro atoms. The van der Waals surface area contributed by atoms with Crippen molar-refractivity contribution in [1.82, 2.24) is 9.97 Å². The fourth-order valence-electron chi connectivity index (χ4n) is 0.569. The maximum absolute atomic E-state index is 11.5. The lowest BCUT2D eigenvalue weighted by atomic mass is 10.3. The molecule has 0 saturated heterocycles. The van der Waals surface area contributed by atoms with E-state index in [1.54, 1.807) is 0 Å². The summed E-state index contributed by atoms with van der Waals surface area (Å²) in [5, 5.41) is 0. The summed E-state index contributed by atoms with van der Waals surface area (Å²) < 4.78 is 37.6. The number of hydrogen-bond acceptors (Lipinski definition) is 4. The Hall–Kier alpha value is -1.66. The Balaban J connectivity index is 2.71. The number of ether oxygens (including phenoxy) is 1. The molecule has 0 aliphatic heterocycles. The molecule has 13 heavy (non-hydrogen) atoms. The Labute approximate surface area is 70.4 Å². The van der Waals surface area contributed by atoms with Crippen LogP contribution in [0.1, 0.15) is 10.4 Å². The maximum Gasteiger partial charge on any atom is 0.575 e. The lowest BCUT2D eigenvalue weighted by Gasteiger charge is -2.05. The molecule has 70 valence electrons. The standard InChI is InChI=1S/C6H3F3N2O2/c7-6(8,9)13-5(12)4-1-10-3-11-2-4/h1-3H. The van der Waals surface area contributed by atoms with Gasteiger partial charge in [0.15, 0.2) is 0 Å². The van der Waals surface area contributed by atoms with E-state index in [1.807, 2.05) is 0 Å². The fraction of sp³-hybridized carbons (Fsp3) is 0.167. The second-order valence-corrected chi connectivity index (χ2v) is 1.96. The first-order valence-corrected chi connectivity index (χ1v) is 3.04. The molecule has 0 saturated carbocycles. The third-order valence-corrected chi connectivity index (χ3v) is 1.00. The number of nitrogens with zero attached hydrogens (tertiary/aromatic N) is 2. The Morgan fingerprint density at radius 1 is 1.31 bits per heavy atom. The SMILES string of the molecule is O=C(OC(F)(F)F)c1cncnc1. The van der Waals surface area contributed by atoms with Crippen molar-refractivity contribution in [3.05, 3.63) is 24.3 Å². The van der Waals surface area contributed by atoms with Crippen molar-refractivity contribution in [2.24, 2.45) is 0 Å². The zero-order chi connectivity index (χ0) is 9.90. The summed E-state index contributed by atoms with van der Waals surface area (Å²) in [4.78, 5) is 17.4. The van der Waals surface area contributed by atoms with Crippen LogP contribution in [0.25, 0.3) is 0 Å². The van der Waals surface area contributed by atoms with Crippen molar-refractivity contribution < 1.29 is 22.7 Å². The normalized spacial score (nSPS) is 11.0. The van der Waals surface area contributed by atoms with Gasteiger partial charge in [-0.15, -0.1) is 13.2 Å². The lowest BCUT2D eigenvalue weighted by Crippen LogP contribution is -2.19. The molecule has 0 amide bonds. The van der Waals surface area contributed by atoms with Crippen LogP contribution in [0.2, 0.25) is 0 Å². The van der Waals surface area contributed by atoms with Gasteiger partial charge < -0.3 is 4.74 Å². The Kier molecular flexibility index (Phi) is 2.45. The molecule has 7 heteroatoms. The number of rotatable bonds is 1. The largest absolute Gasteiger partial charge is 0.575 e. The van der Waals surface area contributed by atoms with Crippen molar-refractivity contribution in [1.29, 1.82) is 0 Å². The molecule has 0 unspecified atom stereocenters. The van der Waals surface area contributed by atoms with E-state index in [1.165, 1.54) is 0 Å². The quantitative estimate of drug-likeness (QED) is 0.626. The van der Waals surface area contributed by atoms with Gasteiger partial charge in [0.25, 0.3) is 0 Å². The van der Waals surface area contributed by atoms with Gasteiger partial charge in [-0.05, 0) is 0 Å². The summed E-state index contributed by atoms with van der Waals surface area (Å²) in [5.74, 6) is -1.52. The van der Waals surface area contributed by atoms with Crippen LogP contribution >= 0.6 is 0 Å². The second kappa shape index (κ2) is 3.38. The first kappa shape index (κ1) is 9.43. The highest BCUT2D eigenvalue weighted by atomic mass is 19.4. The van der Waals surface area contributed by atoms with Crippen LogP contribution in [0.3, 0.4) is 0 Å². The van der Waals surface area contributed by atoms with E-state index in [2.05, 4.69) is 14.7 Å². The molecule has 1 rings (SSSR count). The zero-order valence-electron chi connectivity index (χ0n) is 6.08. The molecular formula is C6H3F3N2O2. The van der Waals surface area contributed by atoms with Gasteiger partial charge >= 0.3 is 12.3 Å². The van der Waals surface area contributed by atoms with Crippen LogP contribution in [-0.2, 0) is 4.74 Å². The minimum absolute atomic E-state index is 0.347. The molecule has 0 aliphatic carbocycles. The third-order valence-electron chi connectivity index (χ3n) is 1.00. The molecule has 4 nitrogen and oxygen atoms in total. The summed E-state index contributed by atoms with van der Waals surface area (Å²) in [7, 11) is 0. The monoisotopic (exact) mass is 192 g/mol. The van der Waals surface area contributed by atoms with Crippen molar-refractivity contribution >= 4 is 5.97 Å². The van der Waals surface area contributed by atoms with Crippen LogP contribution in [-0.4, -0.2) is 22.3 Å². The zero-order valence-corrected chi connectivity index (χ0v) is 6.08. The predicted molar refractivity (Wildman–Crippen MR) is 33.5 cm³/mol. The Morgan fingerprint density at radius 3 is 2.31 bits per heavy atom. The first-order valence-electron chi connectivity index (χ1n) is 3.04. The van der Waals surface area contributed by atoms with E-state index in [-0.39, 0.29) is 5.56 Å².